The van der Waals surface area contributed by atoms with Crippen LogP contribution in [0.4, 0.5) is 0 Å². The van der Waals surface area contributed by atoms with Crippen LogP contribution in [-0.4, -0.2) is 24.2 Å². The summed E-state index contributed by atoms with van der Waals surface area (Å²) in [5.41, 5.74) is 0.798. The fourth-order valence-electron chi connectivity index (χ4n) is 1.65. The van der Waals surface area contributed by atoms with Gasteiger partial charge in [-0.15, -0.1) is 0 Å². The van der Waals surface area contributed by atoms with E-state index >= 15 is 0 Å². The monoisotopic (exact) mass is 328 g/mol. The van der Waals surface area contributed by atoms with E-state index in [-0.39, 0.29) is 12.5 Å². The largest absolute Gasteiger partial charge is 0.482 e. The molecule has 1 aromatic heterocycles. The molecule has 7 heteroatoms. The third-order valence-corrected chi connectivity index (χ3v) is 3.18. The second-order valence-electron chi connectivity index (χ2n) is 4.39. The van der Waals surface area contributed by atoms with Gasteiger partial charge in [-0.3, -0.25) is 4.79 Å². The normalized spacial score (nSPS) is 10.4. The summed E-state index contributed by atoms with van der Waals surface area (Å²) in [6.45, 7) is 2.15. The Labute approximate surface area is 132 Å². The van der Waals surface area contributed by atoms with E-state index in [1.807, 2.05) is 13.0 Å². The van der Waals surface area contributed by atoms with Crippen molar-refractivity contribution in [1.29, 1.82) is 0 Å². The molecule has 21 heavy (non-hydrogen) atoms. The molecule has 0 aliphatic heterocycles. The second-order valence-corrected chi connectivity index (χ2v) is 5.24. The molecule has 0 saturated heterocycles. The maximum atomic E-state index is 11.7. The summed E-state index contributed by atoms with van der Waals surface area (Å²) in [6, 6.07) is 6.66. The van der Waals surface area contributed by atoms with E-state index < -0.39 is 0 Å². The molecular formula is C14H14Cl2N2O3. The Morgan fingerprint density at radius 3 is 2.90 bits per heavy atom. The van der Waals surface area contributed by atoms with Crippen LogP contribution in [0.1, 0.15) is 11.5 Å². The first-order valence-corrected chi connectivity index (χ1v) is 7.07. The predicted octanol–water partition coefficient (Wildman–Crippen LogP) is 3.03. The molecule has 0 radical (unpaired) electrons. The number of halogens is 2. The van der Waals surface area contributed by atoms with E-state index in [1.54, 1.807) is 18.2 Å². The number of hydrogen-bond acceptors (Lipinski definition) is 4. The molecule has 0 saturated carbocycles. The zero-order valence-electron chi connectivity index (χ0n) is 11.4. The summed E-state index contributed by atoms with van der Waals surface area (Å²) in [4.78, 5) is 11.7. The number of aromatic nitrogens is 1. The van der Waals surface area contributed by atoms with Crippen LogP contribution in [0.3, 0.4) is 0 Å². The lowest BCUT2D eigenvalue weighted by Gasteiger charge is -2.08. The number of rotatable bonds is 6. The molecular weight excluding hydrogens is 315 g/mol. The lowest BCUT2D eigenvalue weighted by Crippen LogP contribution is -2.30. The van der Waals surface area contributed by atoms with Gasteiger partial charge in [0.05, 0.1) is 10.7 Å². The minimum atomic E-state index is -0.244. The number of benzene rings is 1. The van der Waals surface area contributed by atoms with E-state index in [0.717, 1.165) is 11.5 Å². The van der Waals surface area contributed by atoms with Crippen LogP contribution in [0.2, 0.25) is 10.0 Å². The van der Waals surface area contributed by atoms with Crippen LogP contribution in [0.15, 0.2) is 28.8 Å². The summed E-state index contributed by atoms with van der Waals surface area (Å²) < 4.78 is 10.3. The van der Waals surface area contributed by atoms with Gasteiger partial charge >= 0.3 is 0 Å². The molecule has 0 aliphatic carbocycles. The third-order valence-electron chi connectivity index (χ3n) is 2.63. The Balaban J connectivity index is 1.73. The number of nitrogens with zero attached hydrogens (tertiary/aromatic N) is 1. The highest BCUT2D eigenvalue weighted by Gasteiger charge is 2.07. The third kappa shape index (κ3) is 4.95. The fraction of sp³-hybridized carbons (Fsp3) is 0.286. The summed E-state index contributed by atoms with van der Waals surface area (Å²) in [5.74, 6) is 0.882. The minimum Gasteiger partial charge on any atom is -0.482 e. The number of aryl methyl sites for hydroxylation is 1. The number of amides is 1. The van der Waals surface area contributed by atoms with Gasteiger partial charge in [-0.25, -0.2) is 0 Å². The van der Waals surface area contributed by atoms with Crippen LogP contribution in [0.5, 0.6) is 5.75 Å². The Kier molecular flexibility index (Phi) is 5.47. The van der Waals surface area contributed by atoms with Crippen molar-refractivity contribution in [1.82, 2.24) is 10.5 Å². The van der Waals surface area contributed by atoms with Crippen molar-refractivity contribution in [2.75, 3.05) is 13.2 Å². The molecule has 1 heterocycles. The number of ether oxygens (including phenoxy) is 1. The Bertz CT molecular complexity index is 628. The van der Waals surface area contributed by atoms with Crippen molar-refractivity contribution in [3.05, 3.63) is 45.8 Å². The number of carbonyl (C=O) groups is 1. The highest BCUT2D eigenvalue weighted by molar-refractivity contribution is 6.34. The lowest BCUT2D eigenvalue weighted by molar-refractivity contribution is -0.123. The average Bonchev–Trinajstić information content (AvgIpc) is 2.85. The van der Waals surface area contributed by atoms with Gasteiger partial charge < -0.3 is 14.6 Å². The van der Waals surface area contributed by atoms with Crippen molar-refractivity contribution < 1.29 is 14.1 Å². The van der Waals surface area contributed by atoms with Crippen molar-refractivity contribution in [2.24, 2.45) is 0 Å². The second kappa shape index (κ2) is 7.33. The molecule has 0 spiro atoms. The molecule has 0 fully saturated rings. The number of nitrogens with one attached hydrogen (secondary N) is 1. The Morgan fingerprint density at radius 1 is 1.38 bits per heavy atom. The van der Waals surface area contributed by atoms with Crippen molar-refractivity contribution in [3.63, 3.8) is 0 Å². The molecule has 0 unspecified atom stereocenters. The van der Waals surface area contributed by atoms with Gasteiger partial charge in [0.15, 0.2) is 6.61 Å². The van der Waals surface area contributed by atoms with Gasteiger partial charge in [0.25, 0.3) is 5.91 Å². The van der Waals surface area contributed by atoms with Crippen LogP contribution in [0.25, 0.3) is 0 Å². The molecule has 0 aliphatic rings. The van der Waals surface area contributed by atoms with E-state index in [2.05, 4.69) is 10.5 Å². The molecule has 2 rings (SSSR count). The Hall–Kier alpha value is -1.72. The summed E-state index contributed by atoms with van der Waals surface area (Å²) in [5, 5.41) is 7.47. The zero-order valence-corrected chi connectivity index (χ0v) is 12.9. The standard InChI is InChI=1S/C14H14Cl2N2O3/c1-9-6-11(18-21-9)4-5-17-14(19)8-20-13-7-10(15)2-3-12(13)16/h2-3,6-7H,4-5,8H2,1H3,(H,17,19). The molecule has 112 valence electrons. The maximum absolute atomic E-state index is 11.7. The highest BCUT2D eigenvalue weighted by Crippen LogP contribution is 2.27. The smallest absolute Gasteiger partial charge is 0.257 e. The predicted molar refractivity (Wildman–Crippen MR) is 79.9 cm³/mol. The van der Waals surface area contributed by atoms with Gasteiger partial charge in [0.1, 0.15) is 11.5 Å². The highest BCUT2D eigenvalue weighted by atomic mass is 35.5. The van der Waals surface area contributed by atoms with E-state index in [0.29, 0.717) is 28.8 Å². The Morgan fingerprint density at radius 2 is 2.19 bits per heavy atom. The van der Waals surface area contributed by atoms with Crippen LogP contribution in [0, 0.1) is 6.92 Å². The molecule has 1 amide bonds. The molecule has 1 N–H and O–H groups in total. The van der Waals surface area contributed by atoms with Crippen molar-refractivity contribution >= 4 is 29.1 Å². The van der Waals surface area contributed by atoms with Crippen LogP contribution < -0.4 is 10.1 Å². The van der Waals surface area contributed by atoms with Gasteiger partial charge in [-0.05, 0) is 19.1 Å². The zero-order chi connectivity index (χ0) is 15.2. The number of carbonyl (C=O) groups excluding carboxylic acids is 1. The summed E-state index contributed by atoms with van der Waals surface area (Å²) in [7, 11) is 0. The van der Waals surface area contributed by atoms with Crippen LogP contribution >= 0.6 is 23.2 Å². The van der Waals surface area contributed by atoms with E-state index in [1.165, 1.54) is 0 Å². The first kappa shape index (κ1) is 15.7. The van der Waals surface area contributed by atoms with Crippen molar-refractivity contribution in [3.8, 4) is 5.75 Å². The first-order valence-electron chi connectivity index (χ1n) is 6.31. The van der Waals surface area contributed by atoms with Gasteiger partial charge in [0, 0.05) is 30.1 Å². The van der Waals surface area contributed by atoms with E-state index in [9.17, 15) is 4.79 Å². The SMILES string of the molecule is Cc1cc(CCNC(=O)COc2cc(Cl)ccc2Cl)no1. The molecule has 5 nitrogen and oxygen atoms in total. The van der Waals surface area contributed by atoms with Gasteiger partial charge in [-0.1, -0.05) is 28.4 Å². The summed E-state index contributed by atoms with van der Waals surface area (Å²) >= 11 is 11.8. The average molecular weight is 329 g/mol. The first-order chi connectivity index (χ1) is 10.0. The minimum absolute atomic E-state index is 0.127. The van der Waals surface area contributed by atoms with E-state index in [4.69, 9.17) is 32.5 Å². The lowest BCUT2D eigenvalue weighted by atomic mass is 10.3. The molecule has 0 atom stereocenters. The van der Waals surface area contributed by atoms with Gasteiger partial charge in [0.2, 0.25) is 0 Å². The molecule has 0 bridgehead atoms. The quantitative estimate of drug-likeness (QED) is 0.885. The fourth-order valence-corrected chi connectivity index (χ4v) is 1.98. The van der Waals surface area contributed by atoms with Crippen molar-refractivity contribution in [2.45, 2.75) is 13.3 Å². The maximum Gasteiger partial charge on any atom is 0.257 e. The van der Waals surface area contributed by atoms with Crippen LogP contribution in [-0.2, 0) is 11.2 Å². The summed E-state index contributed by atoms with van der Waals surface area (Å²) in [6.07, 6.45) is 0.598. The topological polar surface area (TPSA) is 64.4 Å². The molecule has 1 aromatic carbocycles. The van der Waals surface area contributed by atoms with Gasteiger partial charge in [-0.2, -0.15) is 0 Å². The number of hydrogen-bond donors (Lipinski definition) is 1. The molecule has 2 aromatic rings.